The molecule has 3 heterocycles. The van der Waals surface area contributed by atoms with Crippen LogP contribution < -0.4 is 16.6 Å². The van der Waals surface area contributed by atoms with E-state index in [4.69, 9.17) is 0 Å². The Kier molecular flexibility index (Phi) is 5.71. The number of fused-ring (bicyclic) bond motifs is 3. The second-order valence-electron chi connectivity index (χ2n) is 8.17. The Labute approximate surface area is 192 Å². The number of anilines is 1. The van der Waals surface area contributed by atoms with Crippen molar-refractivity contribution >= 4 is 45.6 Å². The summed E-state index contributed by atoms with van der Waals surface area (Å²) in [6.45, 7) is 0. The number of aryl methyl sites for hydroxylation is 1. The molecule has 0 saturated heterocycles. The first-order valence-electron chi connectivity index (χ1n) is 10.9. The summed E-state index contributed by atoms with van der Waals surface area (Å²) in [7, 11) is 1.91. The zero-order valence-corrected chi connectivity index (χ0v) is 18.9. The number of H-pyrrole nitrogens is 1. The van der Waals surface area contributed by atoms with Crippen LogP contribution in [0.15, 0.2) is 45.1 Å². The van der Waals surface area contributed by atoms with Gasteiger partial charge in [-0.25, -0.2) is 9.78 Å². The fraction of sp³-hybridized carbons (Fsp3) is 0.364. The van der Waals surface area contributed by atoms with Crippen LogP contribution in [0, 0.1) is 0 Å². The molecule has 0 unspecified atom stereocenters. The fourth-order valence-electron chi connectivity index (χ4n) is 4.47. The molecule has 1 saturated carbocycles. The minimum Gasteiger partial charge on any atom is -0.327 e. The molecule has 33 heavy (non-hydrogen) atoms. The van der Waals surface area contributed by atoms with E-state index in [1.807, 2.05) is 35.9 Å². The number of rotatable bonds is 5. The van der Waals surface area contributed by atoms with Gasteiger partial charge in [-0.05, 0) is 18.9 Å². The van der Waals surface area contributed by atoms with Crippen LogP contribution in [-0.4, -0.2) is 41.0 Å². The Hall–Kier alpha value is -3.47. The van der Waals surface area contributed by atoms with Gasteiger partial charge < -0.3 is 9.88 Å². The van der Waals surface area contributed by atoms with Gasteiger partial charge in [-0.15, -0.1) is 10.2 Å². The molecule has 1 aliphatic rings. The third-order valence-electron chi connectivity index (χ3n) is 6.00. The Morgan fingerprint density at radius 1 is 1.18 bits per heavy atom. The molecule has 3 aromatic heterocycles. The fourth-order valence-corrected chi connectivity index (χ4v) is 5.05. The van der Waals surface area contributed by atoms with E-state index in [1.165, 1.54) is 10.6 Å². The maximum Gasteiger partial charge on any atom is 0.330 e. The number of hydrogen-bond acceptors (Lipinski definition) is 7. The minimum absolute atomic E-state index is 0.0167. The average Bonchev–Trinajstić information content (AvgIpc) is 3.10. The van der Waals surface area contributed by atoms with Gasteiger partial charge in [0.2, 0.25) is 11.1 Å². The van der Waals surface area contributed by atoms with Crippen LogP contribution in [0.25, 0.3) is 22.1 Å². The van der Waals surface area contributed by atoms with Crippen molar-refractivity contribution in [1.29, 1.82) is 0 Å². The average molecular weight is 466 g/mol. The van der Waals surface area contributed by atoms with Crippen molar-refractivity contribution in [3.05, 3.63) is 51.2 Å². The maximum atomic E-state index is 12.7. The SMILES string of the molecule is Cn1c2ccccc2c2nnc(SCC(=O)Nc3cc(=O)[nH]c(=O)n3C3CCCCC3)nc21. The summed E-state index contributed by atoms with van der Waals surface area (Å²) in [4.78, 5) is 43.9. The molecule has 0 aliphatic heterocycles. The number of nitrogens with one attached hydrogen (secondary N) is 2. The third-order valence-corrected chi connectivity index (χ3v) is 6.84. The zero-order chi connectivity index (χ0) is 22.9. The minimum atomic E-state index is -0.538. The van der Waals surface area contributed by atoms with Gasteiger partial charge in [0.05, 0.1) is 11.3 Å². The van der Waals surface area contributed by atoms with E-state index in [2.05, 4.69) is 25.5 Å². The van der Waals surface area contributed by atoms with Crippen LogP contribution in [0.5, 0.6) is 0 Å². The van der Waals surface area contributed by atoms with E-state index < -0.39 is 11.2 Å². The van der Waals surface area contributed by atoms with Crippen LogP contribution in [0.1, 0.15) is 38.1 Å². The molecule has 1 aromatic carbocycles. The predicted molar refractivity (Wildman–Crippen MR) is 127 cm³/mol. The van der Waals surface area contributed by atoms with Gasteiger partial charge >= 0.3 is 5.69 Å². The third kappa shape index (κ3) is 4.15. The van der Waals surface area contributed by atoms with E-state index in [-0.39, 0.29) is 23.5 Å². The molecule has 1 amide bonds. The summed E-state index contributed by atoms with van der Waals surface area (Å²) in [6.07, 6.45) is 4.84. The summed E-state index contributed by atoms with van der Waals surface area (Å²) in [5.74, 6) is -0.109. The van der Waals surface area contributed by atoms with Crippen molar-refractivity contribution in [3.63, 3.8) is 0 Å². The highest BCUT2D eigenvalue weighted by Crippen LogP contribution is 2.29. The van der Waals surface area contributed by atoms with Crippen molar-refractivity contribution in [2.45, 2.75) is 43.3 Å². The number of benzene rings is 1. The highest BCUT2D eigenvalue weighted by Gasteiger charge is 2.21. The number of para-hydroxylation sites is 1. The lowest BCUT2D eigenvalue weighted by Crippen LogP contribution is -2.36. The molecule has 0 spiro atoms. The number of nitrogens with zero attached hydrogens (tertiary/aromatic N) is 5. The van der Waals surface area contributed by atoms with Gasteiger partial charge in [0.15, 0.2) is 5.65 Å². The van der Waals surface area contributed by atoms with Gasteiger partial charge in [0, 0.05) is 24.5 Å². The summed E-state index contributed by atoms with van der Waals surface area (Å²) < 4.78 is 3.45. The quantitative estimate of drug-likeness (QED) is 0.434. The lowest BCUT2D eigenvalue weighted by molar-refractivity contribution is -0.113. The van der Waals surface area contributed by atoms with Gasteiger partial charge in [-0.2, -0.15) is 0 Å². The second-order valence-corrected chi connectivity index (χ2v) is 9.11. The van der Waals surface area contributed by atoms with Gasteiger partial charge in [-0.3, -0.25) is 19.1 Å². The van der Waals surface area contributed by atoms with Gasteiger partial charge in [0.1, 0.15) is 11.3 Å². The van der Waals surface area contributed by atoms with Crippen molar-refractivity contribution in [2.75, 3.05) is 11.1 Å². The summed E-state index contributed by atoms with van der Waals surface area (Å²) in [5, 5.41) is 12.6. The molecule has 11 heteroatoms. The molecular formula is C22H23N7O3S. The van der Waals surface area contributed by atoms with E-state index in [1.54, 1.807) is 0 Å². The summed E-state index contributed by atoms with van der Waals surface area (Å²) in [6, 6.07) is 9.09. The number of thioether (sulfide) groups is 1. The number of amides is 1. The zero-order valence-electron chi connectivity index (χ0n) is 18.1. The molecule has 4 aromatic rings. The number of aromatic nitrogens is 6. The van der Waals surface area contributed by atoms with Gasteiger partial charge in [-0.1, -0.05) is 49.2 Å². The van der Waals surface area contributed by atoms with E-state index in [0.717, 1.165) is 54.8 Å². The van der Waals surface area contributed by atoms with Crippen molar-refractivity contribution < 1.29 is 4.79 Å². The predicted octanol–water partition coefficient (Wildman–Crippen LogP) is 2.60. The molecule has 1 fully saturated rings. The Morgan fingerprint density at radius 2 is 1.97 bits per heavy atom. The largest absolute Gasteiger partial charge is 0.330 e. The second kappa shape index (κ2) is 8.81. The normalized spacial score (nSPS) is 14.7. The molecule has 10 nitrogen and oxygen atoms in total. The van der Waals surface area contributed by atoms with E-state index in [0.29, 0.717) is 16.3 Å². The highest BCUT2D eigenvalue weighted by molar-refractivity contribution is 7.99. The van der Waals surface area contributed by atoms with E-state index >= 15 is 0 Å². The first-order valence-corrected chi connectivity index (χ1v) is 11.9. The lowest BCUT2D eigenvalue weighted by atomic mass is 9.95. The number of carbonyl (C=O) groups is 1. The molecule has 170 valence electrons. The van der Waals surface area contributed by atoms with Crippen molar-refractivity contribution in [1.82, 2.24) is 29.3 Å². The molecular weight excluding hydrogens is 442 g/mol. The molecule has 2 N–H and O–H groups in total. The summed E-state index contributed by atoms with van der Waals surface area (Å²) >= 11 is 1.15. The molecule has 0 bridgehead atoms. The van der Waals surface area contributed by atoms with Gasteiger partial charge in [0.25, 0.3) is 5.56 Å². The summed E-state index contributed by atoms with van der Waals surface area (Å²) in [5.41, 5.74) is 1.37. The molecule has 0 radical (unpaired) electrons. The van der Waals surface area contributed by atoms with Crippen LogP contribution in [0.4, 0.5) is 5.82 Å². The molecule has 1 aliphatic carbocycles. The van der Waals surface area contributed by atoms with Crippen LogP contribution in [-0.2, 0) is 11.8 Å². The lowest BCUT2D eigenvalue weighted by Gasteiger charge is -2.26. The van der Waals surface area contributed by atoms with Crippen molar-refractivity contribution in [3.8, 4) is 0 Å². The first-order chi connectivity index (χ1) is 16.0. The molecule has 0 atom stereocenters. The standard InChI is InChI=1S/C22H23N7O3S/c1-28-15-10-6-5-9-14(15)19-20(28)25-21(27-26-19)33-12-18(31)23-16-11-17(30)24-22(32)29(16)13-7-3-2-4-8-13/h5-6,9-11,13H,2-4,7-8,12H2,1H3,(H,23,31)(H,24,30,32). The Bertz CT molecular complexity index is 1470. The number of hydrogen-bond donors (Lipinski definition) is 2. The maximum absolute atomic E-state index is 12.7. The smallest absolute Gasteiger partial charge is 0.327 e. The first kappa shape index (κ1) is 21.4. The van der Waals surface area contributed by atoms with Crippen LogP contribution >= 0.6 is 11.8 Å². The number of aromatic amines is 1. The van der Waals surface area contributed by atoms with Crippen LogP contribution in [0.2, 0.25) is 0 Å². The molecule has 5 rings (SSSR count). The Morgan fingerprint density at radius 3 is 2.79 bits per heavy atom. The van der Waals surface area contributed by atoms with E-state index in [9.17, 15) is 14.4 Å². The number of carbonyl (C=O) groups excluding carboxylic acids is 1. The van der Waals surface area contributed by atoms with Crippen LogP contribution in [0.3, 0.4) is 0 Å². The Balaban J connectivity index is 1.34. The van der Waals surface area contributed by atoms with Crippen molar-refractivity contribution in [2.24, 2.45) is 7.05 Å². The monoisotopic (exact) mass is 465 g/mol. The topological polar surface area (TPSA) is 128 Å². The highest BCUT2D eigenvalue weighted by atomic mass is 32.2.